The molecule has 2 heterocycles. The van der Waals surface area contributed by atoms with Crippen LogP contribution in [0.2, 0.25) is 0 Å². The zero-order valence-electron chi connectivity index (χ0n) is 7.63. The Bertz CT molecular complexity index is 218. The summed E-state index contributed by atoms with van der Waals surface area (Å²) < 4.78 is 0. The van der Waals surface area contributed by atoms with Crippen molar-refractivity contribution in [3.05, 3.63) is 0 Å². The van der Waals surface area contributed by atoms with E-state index in [9.17, 15) is 4.79 Å². The number of amides is 2. The topological polar surface area (TPSA) is 35.6 Å². The predicted octanol–water partition coefficient (Wildman–Crippen LogP) is -0.284. The van der Waals surface area contributed by atoms with Gasteiger partial charge in [0.15, 0.2) is 0 Å². The maximum atomic E-state index is 11.6. The van der Waals surface area contributed by atoms with Gasteiger partial charge in [-0.15, -0.1) is 0 Å². The smallest absolute Gasteiger partial charge is 0.320 e. The molecule has 4 nitrogen and oxygen atoms in total. The van der Waals surface area contributed by atoms with Crippen LogP contribution in [0.5, 0.6) is 0 Å². The monoisotopic (exact) mass is 169 g/mol. The van der Waals surface area contributed by atoms with E-state index in [1.165, 1.54) is 0 Å². The van der Waals surface area contributed by atoms with E-state index in [4.69, 9.17) is 0 Å². The lowest BCUT2D eigenvalue weighted by Crippen LogP contribution is -2.58. The molecule has 0 aromatic rings. The zero-order valence-corrected chi connectivity index (χ0v) is 7.63. The number of nitrogens with one attached hydrogen (secondary N) is 1. The zero-order chi connectivity index (χ0) is 8.77. The van der Waals surface area contributed by atoms with Gasteiger partial charge in [0.25, 0.3) is 0 Å². The summed E-state index contributed by atoms with van der Waals surface area (Å²) in [5.41, 5.74) is 0.0318. The van der Waals surface area contributed by atoms with Crippen molar-refractivity contribution in [3.63, 3.8) is 0 Å². The van der Waals surface area contributed by atoms with Crippen LogP contribution in [-0.2, 0) is 0 Å². The number of likely N-dealkylation sites (N-methyl/N-ethyl adjacent to an activating group) is 1. The van der Waals surface area contributed by atoms with Crippen LogP contribution in [0.1, 0.15) is 6.92 Å². The molecule has 2 saturated heterocycles. The largest absolute Gasteiger partial charge is 0.325 e. The highest BCUT2D eigenvalue weighted by atomic mass is 16.2. The standard InChI is InChI=1S/C8H15N3O/c1-8-5-9-3-4-11(8)7(12)10(2)6-8/h9H,3-6H2,1-2H3. The molecule has 4 heteroatoms. The number of rotatable bonds is 0. The number of carbonyl (C=O) groups excluding carboxylic acids is 1. The first-order chi connectivity index (χ1) is 5.63. The molecule has 2 aliphatic rings. The van der Waals surface area contributed by atoms with Crippen molar-refractivity contribution in [2.45, 2.75) is 12.5 Å². The number of nitrogens with zero attached hydrogens (tertiary/aromatic N) is 2. The van der Waals surface area contributed by atoms with E-state index in [0.717, 1.165) is 26.2 Å². The fourth-order valence-corrected chi connectivity index (χ4v) is 2.17. The van der Waals surface area contributed by atoms with Crippen molar-refractivity contribution in [1.82, 2.24) is 15.1 Å². The molecule has 0 spiro atoms. The van der Waals surface area contributed by atoms with E-state index < -0.39 is 0 Å². The van der Waals surface area contributed by atoms with Gasteiger partial charge in [-0.1, -0.05) is 0 Å². The molecular formula is C8H15N3O. The molecule has 0 aromatic carbocycles. The first-order valence-electron chi connectivity index (χ1n) is 4.37. The third kappa shape index (κ3) is 0.909. The average Bonchev–Trinajstić information content (AvgIpc) is 2.24. The Balaban J connectivity index is 2.24. The maximum Gasteiger partial charge on any atom is 0.320 e. The number of urea groups is 1. The number of piperazine rings is 1. The lowest BCUT2D eigenvalue weighted by molar-refractivity contribution is 0.143. The van der Waals surface area contributed by atoms with Crippen LogP contribution in [0.3, 0.4) is 0 Å². The predicted molar refractivity (Wildman–Crippen MR) is 46.0 cm³/mol. The molecule has 2 rings (SSSR count). The van der Waals surface area contributed by atoms with Gasteiger partial charge in [-0.3, -0.25) is 0 Å². The maximum absolute atomic E-state index is 11.6. The van der Waals surface area contributed by atoms with Crippen LogP contribution in [0.15, 0.2) is 0 Å². The molecule has 12 heavy (non-hydrogen) atoms. The molecule has 2 aliphatic heterocycles. The third-order valence-electron chi connectivity index (χ3n) is 2.80. The number of carbonyl (C=O) groups is 1. The first kappa shape index (κ1) is 7.86. The van der Waals surface area contributed by atoms with Gasteiger partial charge in [0.1, 0.15) is 0 Å². The Morgan fingerprint density at radius 1 is 1.58 bits per heavy atom. The fourth-order valence-electron chi connectivity index (χ4n) is 2.17. The molecule has 2 fully saturated rings. The van der Waals surface area contributed by atoms with Gasteiger partial charge in [0.05, 0.1) is 5.54 Å². The summed E-state index contributed by atoms with van der Waals surface area (Å²) in [5, 5.41) is 3.32. The second-order valence-corrected chi connectivity index (χ2v) is 3.96. The van der Waals surface area contributed by atoms with Crippen molar-refractivity contribution in [1.29, 1.82) is 0 Å². The van der Waals surface area contributed by atoms with Crippen molar-refractivity contribution in [3.8, 4) is 0 Å². The van der Waals surface area contributed by atoms with E-state index in [-0.39, 0.29) is 11.6 Å². The quantitative estimate of drug-likeness (QED) is 0.541. The Hall–Kier alpha value is -0.770. The van der Waals surface area contributed by atoms with Crippen LogP contribution in [0.25, 0.3) is 0 Å². The summed E-state index contributed by atoms with van der Waals surface area (Å²) in [7, 11) is 1.87. The fraction of sp³-hybridized carbons (Fsp3) is 0.875. The van der Waals surface area contributed by atoms with Gasteiger partial charge >= 0.3 is 6.03 Å². The van der Waals surface area contributed by atoms with Gasteiger partial charge in [-0.05, 0) is 6.92 Å². The minimum Gasteiger partial charge on any atom is -0.325 e. The van der Waals surface area contributed by atoms with Crippen LogP contribution < -0.4 is 5.32 Å². The second-order valence-electron chi connectivity index (χ2n) is 3.96. The Labute approximate surface area is 72.5 Å². The van der Waals surface area contributed by atoms with Crippen molar-refractivity contribution >= 4 is 6.03 Å². The molecule has 0 aromatic heterocycles. The summed E-state index contributed by atoms with van der Waals surface area (Å²) >= 11 is 0. The Kier molecular flexibility index (Phi) is 1.54. The second kappa shape index (κ2) is 2.36. The molecule has 68 valence electrons. The summed E-state index contributed by atoms with van der Waals surface area (Å²) in [6.07, 6.45) is 0. The van der Waals surface area contributed by atoms with Crippen molar-refractivity contribution < 1.29 is 4.79 Å². The van der Waals surface area contributed by atoms with Gasteiger partial charge in [0, 0.05) is 33.2 Å². The number of hydrogen-bond acceptors (Lipinski definition) is 2. The number of fused-ring (bicyclic) bond motifs is 1. The lowest BCUT2D eigenvalue weighted by atomic mass is 10.00. The number of hydrogen-bond donors (Lipinski definition) is 1. The summed E-state index contributed by atoms with van der Waals surface area (Å²) in [6.45, 7) is 5.68. The first-order valence-corrected chi connectivity index (χ1v) is 4.37. The highest BCUT2D eigenvalue weighted by Crippen LogP contribution is 2.25. The normalized spacial score (nSPS) is 35.7. The molecule has 1 unspecified atom stereocenters. The Morgan fingerprint density at radius 2 is 2.33 bits per heavy atom. The van der Waals surface area contributed by atoms with Gasteiger partial charge < -0.3 is 15.1 Å². The molecule has 1 N–H and O–H groups in total. The minimum absolute atomic E-state index is 0.0318. The lowest BCUT2D eigenvalue weighted by Gasteiger charge is -2.38. The highest BCUT2D eigenvalue weighted by Gasteiger charge is 2.45. The summed E-state index contributed by atoms with van der Waals surface area (Å²) in [6, 6.07) is 0.180. The van der Waals surface area contributed by atoms with Crippen LogP contribution in [0, 0.1) is 0 Å². The SMILES string of the molecule is CN1CC2(C)CNCCN2C1=O. The third-order valence-corrected chi connectivity index (χ3v) is 2.80. The van der Waals surface area contributed by atoms with E-state index >= 15 is 0 Å². The minimum atomic E-state index is 0.0318. The van der Waals surface area contributed by atoms with Crippen molar-refractivity contribution in [2.75, 3.05) is 33.2 Å². The highest BCUT2D eigenvalue weighted by molar-refractivity contribution is 5.78. The molecule has 2 amide bonds. The molecule has 0 bridgehead atoms. The van der Waals surface area contributed by atoms with Crippen LogP contribution >= 0.6 is 0 Å². The average molecular weight is 169 g/mol. The molecular weight excluding hydrogens is 154 g/mol. The summed E-state index contributed by atoms with van der Waals surface area (Å²) in [5.74, 6) is 0. The molecule has 1 atom stereocenters. The van der Waals surface area contributed by atoms with Gasteiger partial charge in [-0.2, -0.15) is 0 Å². The van der Waals surface area contributed by atoms with Gasteiger partial charge in [-0.25, -0.2) is 4.79 Å². The van der Waals surface area contributed by atoms with Crippen LogP contribution in [-0.4, -0.2) is 54.6 Å². The Morgan fingerprint density at radius 3 is 3.00 bits per heavy atom. The van der Waals surface area contributed by atoms with E-state index in [1.807, 2.05) is 11.9 Å². The van der Waals surface area contributed by atoms with E-state index in [1.54, 1.807) is 4.90 Å². The summed E-state index contributed by atoms with van der Waals surface area (Å²) in [4.78, 5) is 15.3. The van der Waals surface area contributed by atoms with E-state index in [0.29, 0.717) is 0 Å². The molecule has 0 saturated carbocycles. The molecule has 0 radical (unpaired) electrons. The van der Waals surface area contributed by atoms with E-state index in [2.05, 4.69) is 12.2 Å². The van der Waals surface area contributed by atoms with Gasteiger partial charge in [0.2, 0.25) is 0 Å². The van der Waals surface area contributed by atoms with Crippen molar-refractivity contribution in [2.24, 2.45) is 0 Å². The molecule has 0 aliphatic carbocycles. The van der Waals surface area contributed by atoms with Crippen LogP contribution in [0.4, 0.5) is 4.79 Å².